The van der Waals surface area contributed by atoms with Crippen LogP contribution in [-0.4, -0.2) is 11.1 Å². The van der Waals surface area contributed by atoms with Gasteiger partial charge in [0.2, 0.25) is 0 Å². The Hall–Kier alpha value is -2.09. The van der Waals surface area contributed by atoms with Gasteiger partial charge >= 0.3 is 5.97 Å². The van der Waals surface area contributed by atoms with Gasteiger partial charge in [0, 0.05) is 0 Å². The Balaban J connectivity index is 2.06. The van der Waals surface area contributed by atoms with Crippen molar-refractivity contribution in [3.05, 3.63) is 71.8 Å². The van der Waals surface area contributed by atoms with Gasteiger partial charge in [0.15, 0.2) is 0 Å². The molecule has 0 fully saturated rings. The van der Waals surface area contributed by atoms with Crippen LogP contribution in [0.15, 0.2) is 60.7 Å². The molecule has 2 aromatic rings. The molecular weight excluding hydrogens is 248 g/mol. The lowest BCUT2D eigenvalue weighted by molar-refractivity contribution is -0.142. The normalized spacial score (nSPS) is 13.7. The highest BCUT2D eigenvalue weighted by Gasteiger charge is 2.25. The Bertz CT molecular complexity index is 534. The summed E-state index contributed by atoms with van der Waals surface area (Å²) in [6, 6.07) is 19.9. The molecule has 0 heterocycles. The monoisotopic (exact) mass is 268 g/mol. The van der Waals surface area contributed by atoms with Crippen LogP contribution >= 0.6 is 0 Å². The zero-order valence-electron chi connectivity index (χ0n) is 11.7. The lowest BCUT2D eigenvalue weighted by atomic mass is 9.84. The molecule has 0 aliphatic carbocycles. The Morgan fingerprint density at radius 1 is 1.00 bits per heavy atom. The number of hydrogen-bond acceptors (Lipinski definition) is 1. The van der Waals surface area contributed by atoms with Gasteiger partial charge in [-0.1, -0.05) is 67.6 Å². The molecule has 2 atom stereocenters. The summed E-state index contributed by atoms with van der Waals surface area (Å²) in [6.07, 6.45) is 1.46. The largest absolute Gasteiger partial charge is 0.481 e. The van der Waals surface area contributed by atoms with Crippen molar-refractivity contribution in [2.45, 2.75) is 25.7 Å². The molecule has 0 saturated carbocycles. The van der Waals surface area contributed by atoms with Gasteiger partial charge in [-0.25, -0.2) is 0 Å². The molecule has 2 nitrogen and oxygen atoms in total. The number of hydrogen-bond donors (Lipinski definition) is 1. The first-order valence-electron chi connectivity index (χ1n) is 7.00. The summed E-state index contributed by atoms with van der Waals surface area (Å²) in [5, 5.41) is 9.48. The molecule has 0 aliphatic rings. The molecule has 0 bridgehead atoms. The topological polar surface area (TPSA) is 37.3 Å². The second-order valence-electron chi connectivity index (χ2n) is 5.17. The highest BCUT2D eigenvalue weighted by Crippen LogP contribution is 2.28. The third-order valence-electron chi connectivity index (χ3n) is 3.83. The Labute approximate surface area is 120 Å². The Morgan fingerprint density at radius 3 is 2.10 bits per heavy atom. The van der Waals surface area contributed by atoms with E-state index < -0.39 is 5.97 Å². The van der Waals surface area contributed by atoms with Crippen LogP contribution in [0.5, 0.6) is 0 Å². The average Bonchev–Trinajstić information content (AvgIpc) is 2.49. The van der Waals surface area contributed by atoms with Crippen molar-refractivity contribution in [3.63, 3.8) is 0 Å². The molecule has 0 saturated heterocycles. The Morgan fingerprint density at radius 2 is 1.55 bits per heavy atom. The fourth-order valence-corrected chi connectivity index (χ4v) is 2.54. The molecule has 0 radical (unpaired) electrons. The first kappa shape index (κ1) is 14.3. The Kier molecular flexibility index (Phi) is 4.94. The first-order valence-corrected chi connectivity index (χ1v) is 7.00. The van der Waals surface area contributed by atoms with Crippen molar-refractivity contribution in [2.24, 2.45) is 5.92 Å². The van der Waals surface area contributed by atoms with Crippen molar-refractivity contribution < 1.29 is 9.90 Å². The van der Waals surface area contributed by atoms with Gasteiger partial charge < -0.3 is 5.11 Å². The van der Waals surface area contributed by atoms with E-state index in [4.69, 9.17) is 0 Å². The number of rotatable bonds is 6. The second kappa shape index (κ2) is 6.90. The van der Waals surface area contributed by atoms with Gasteiger partial charge in [0.1, 0.15) is 0 Å². The number of carbonyl (C=O) groups is 1. The molecule has 0 spiro atoms. The predicted octanol–water partition coefficient (Wildman–Crippen LogP) is 4.12. The predicted molar refractivity (Wildman–Crippen MR) is 80.7 cm³/mol. The minimum Gasteiger partial charge on any atom is -0.481 e. The summed E-state index contributed by atoms with van der Waals surface area (Å²) in [7, 11) is 0. The number of benzene rings is 2. The van der Waals surface area contributed by atoms with Crippen LogP contribution in [0.25, 0.3) is 0 Å². The number of carboxylic acids is 1. The van der Waals surface area contributed by atoms with E-state index in [0.29, 0.717) is 6.42 Å². The zero-order valence-corrected chi connectivity index (χ0v) is 11.7. The van der Waals surface area contributed by atoms with Gasteiger partial charge in [0.05, 0.1) is 5.92 Å². The van der Waals surface area contributed by atoms with E-state index in [1.54, 1.807) is 0 Å². The molecule has 2 unspecified atom stereocenters. The summed E-state index contributed by atoms with van der Waals surface area (Å²) in [5.41, 5.74) is 2.28. The summed E-state index contributed by atoms with van der Waals surface area (Å²) in [6.45, 7) is 2.00. The summed E-state index contributed by atoms with van der Waals surface area (Å²) >= 11 is 0. The second-order valence-corrected chi connectivity index (χ2v) is 5.17. The fourth-order valence-electron chi connectivity index (χ4n) is 2.54. The van der Waals surface area contributed by atoms with E-state index in [2.05, 4.69) is 0 Å². The smallest absolute Gasteiger partial charge is 0.307 e. The van der Waals surface area contributed by atoms with Gasteiger partial charge in [0.25, 0.3) is 0 Å². The van der Waals surface area contributed by atoms with Crippen LogP contribution in [0.4, 0.5) is 0 Å². The van der Waals surface area contributed by atoms with E-state index in [0.717, 1.165) is 12.0 Å². The molecule has 0 aromatic heterocycles. The quantitative estimate of drug-likeness (QED) is 0.855. The maximum atomic E-state index is 11.5. The van der Waals surface area contributed by atoms with Crippen molar-refractivity contribution in [1.29, 1.82) is 0 Å². The van der Waals surface area contributed by atoms with Gasteiger partial charge in [-0.05, 0) is 29.9 Å². The average molecular weight is 268 g/mol. The summed E-state index contributed by atoms with van der Waals surface area (Å²) in [5.74, 6) is -1.03. The van der Waals surface area contributed by atoms with Crippen LogP contribution in [0, 0.1) is 5.92 Å². The van der Waals surface area contributed by atoms with Crippen LogP contribution in [-0.2, 0) is 11.2 Å². The van der Waals surface area contributed by atoms with Crippen molar-refractivity contribution >= 4 is 5.97 Å². The molecule has 2 rings (SSSR count). The van der Waals surface area contributed by atoms with Gasteiger partial charge in [-0.2, -0.15) is 0 Å². The van der Waals surface area contributed by atoms with E-state index in [9.17, 15) is 9.90 Å². The lowest BCUT2D eigenvalue weighted by Crippen LogP contribution is -2.21. The molecule has 104 valence electrons. The molecule has 2 aromatic carbocycles. The molecule has 0 amide bonds. The highest BCUT2D eigenvalue weighted by molar-refractivity contribution is 5.71. The van der Waals surface area contributed by atoms with E-state index in [1.807, 2.05) is 67.6 Å². The third-order valence-corrected chi connectivity index (χ3v) is 3.83. The minimum atomic E-state index is -0.711. The standard InChI is InChI=1S/C18H20O2/c1-14(16-10-6-3-7-11-16)17(18(19)20)13-12-15-8-4-2-5-9-15/h2-11,14,17H,12-13H2,1H3,(H,19,20). The summed E-state index contributed by atoms with van der Waals surface area (Å²) < 4.78 is 0. The summed E-state index contributed by atoms with van der Waals surface area (Å²) in [4.78, 5) is 11.5. The molecule has 20 heavy (non-hydrogen) atoms. The van der Waals surface area contributed by atoms with Crippen molar-refractivity contribution in [2.75, 3.05) is 0 Å². The van der Waals surface area contributed by atoms with E-state index >= 15 is 0 Å². The third kappa shape index (κ3) is 3.70. The number of aliphatic carboxylic acids is 1. The zero-order chi connectivity index (χ0) is 14.4. The van der Waals surface area contributed by atoms with Crippen molar-refractivity contribution in [1.82, 2.24) is 0 Å². The minimum absolute atomic E-state index is 0.0254. The van der Waals surface area contributed by atoms with E-state index in [1.165, 1.54) is 5.56 Å². The molecule has 1 N–H and O–H groups in total. The van der Waals surface area contributed by atoms with Crippen LogP contribution < -0.4 is 0 Å². The highest BCUT2D eigenvalue weighted by atomic mass is 16.4. The first-order chi connectivity index (χ1) is 9.68. The van der Waals surface area contributed by atoms with Crippen LogP contribution in [0.1, 0.15) is 30.4 Å². The number of aryl methyl sites for hydroxylation is 1. The molecule has 0 aliphatic heterocycles. The lowest BCUT2D eigenvalue weighted by Gasteiger charge is -2.20. The van der Waals surface area contributed by atoms with Gasteiger partial charge in [-0.15, -0.1) is 0 Å². The molecular formula is C18H20O2. The maximum absolute atomic E-state index is 11.5. The van der Waals surface area contributed by atoms with Gasteiger partial charge in [-0.3, -0.25) is 4.79 Å². The van der Waals surface area contributed by atoms with Crippen LogP contribution in [0.3, 0.4) is 0 Å². The number of carboxylic acid groups (broad SMARTS) is 1. The fraction of sp³-hybridized carbons (Fsp3) is 0.278. The SMILES string of the molecule is CC(c1ccccc1)C(CCc1ccccc1)C(=O)O. The van der Waals surface area contributed by atoms with E-state index in [-0.39, 0.29) is 11.8 Å². The van der Waals surface area contributed by atoms with Crippen molar-refractivity contribution in [3.8, 4) is 0 Å². The van der Waals surface area contributed by atoms with Crippen LogP contribution in [0.2, 0.25) is 0 Å². The maximum Gasteiger partial charge on any atom is 0.307 e. The molecule has 2 heteroatoms.